The Morgan fingerprint density at radius 3 is 2.89 bits per heavy atom. The van der Waals surface area contributed by atoms with E-state index < -0.39 is 0 Å². The Bertz CT molecular complexity index is 463. The van der Waals surface area contributed by atoms with Crippen molar-refractivity contribution in [2.45, 2.75) is 45.2 Å². The van der Waals surface area contributed by atoms with Crippen LogP contribution in [0, 0.1) is 5.41 Å². The Balaban J connectivity index is 1.92. The Morgan fingerprint density at radius 2 is 2.28 bits per heavy atom. The molecule has 0 radical (unpaired) electrons. The Hall–Kier alpha value is -1.03. The van der Waals surface area contributed by atoms with Crippen molar-refractivity contribution in [3.63, 3.8) is 0 Å². The molecule has 1 aliphatic heterocycles. The number of aliphatic imine (C=N–C) groups is 1. The topological polar surface area (TPSA) is 41.6 Å². The van der Waals surface area contributed by atoms with Crippen LogP contribution in [0.25, 0.3) is 0 Å². The number of nitrogens with zero attached hydrogens (tertiary/aromatic N) is 2. The Morgan fingerprint density at radius 1 is 1.44 bits per heavy atom. The van der Waals surface area contributed by atoms with Gasteiger partial charge in [-0.3, -0.25) is 4.99 Å². The van der Waals surface area contributed by atoms with Crippen LogP contribution in [-0.2, 0) is 6.54 Å². The molecule has 1 aromatic heterocycles. The van der Waals surface area contributed by atoms with Crippen LogP contribution < -0.4 is 5.73 Å². The maximum Gasteiger partial charge on any atom is 0.192 e. The smallest absolute Gasteiger partial charge is 0.192 e. The van der Waals surface area contributed by atoms with Crippen LogP contribution in [0.15, 0.2) is 22.5 Å². The number of rotatable bonds is 2. The van der Waals surface area contributed by atoms with E-state index in [0.29, 0.717) is 5.41 Å². The average Bonchev–Trinajstić information content (AvgIpc) is 2.98. The first kappa shape index (κ1) is 12.0. The lowest BCUT2D eigenvalue weighted by atomic mass is 9.74. The highest BCUT2D eigenvalue weighted by Gasteiger charge is 2.55. The largest absolute Gasteiger partial charge is 0.370 e. The minimum atomic E-state index is 0.154. The predicted octanol–water partition coefficient (Wildman–Crippen LogP) is 2.83. The zero-order chi connectivity index (χ0) is 12.8. The normalized spacial score (nSPS) is 30.1. The van der Waals surface area contributed by atoms with Crippen LogP contribution >= 0.6 is 11.3 Å². The summed E-state index contributed by atoms with van der Waals surface area (Å²) >= 11 is 1.80. The van der Waals surface area contributed by atoms with E-state index in [0.717, 1.165) is 19.0 Å². The van der Waals surface area contributed by atoms with E-state index in [4.69, 9.17) is 5.73 Å². The second kappa shape index (κ2) is 3.98. The molecule has 98 valence electrons. The molecule has 0 aromatic carbocycles. The molecule has 0 amide bonds. The Labute approximate surface area is 113 Å². The molecule has 3 nitrogen and oxygen atoms in total. The number of hydrogen-bond donors (Lipinski definition) is 1. The fourth-order valence-electron chi connectivity index (χ4n) is 3.58. The van der Waals surface area contributed by atoms with E-state index in [2.05, 4.69) is 41.3 Å². The van der Waals surface area contributed by atoms with E-state index in [1.54, 1.807) is 11.3 Å². The molecule has 0 bridgehead atoms. The van der Waals surface area contributed by atoms with E-state index in [-0.39, 0.29) is 5.54 Å². The highest BCUT2D eigenvalue weighted by molar-refractivity contribution is 7.09. The van der Waals surface area contributed by atoms with Gasteiger partial charge in [0, 0.05) is 4.88 Å². The molecule has 1 saturated carbocycles. The third-order valence-electron chi connectivity index (χ3n) is 4.84. The average molecular weight is 263 g/mol. The minimum absolute atomic E-state index is 0.154. The van der Waals surface area contributed by atoms with E-state index in [9.17, 15) is 0 Å². The second-order valence-corrected chi connectivity index (χ2v) is 7.14. The van der Waals surface area contributed by atoms with Crippen molar-refractivity contribution in [2.24, 2.45) is 16.1 Å². The van der Waals surface area contributed by atoms with Gasteiger partial charge in [-0.25, -0.2) is 0 Å². The lowest BCUT2D eigenvalue weighted by Gasteiger charge is -2.45. The molecule has 0 saturated heterocycles. The monoisotopic (exact) mass is 263 g/mol. The summed E-state index contributed by atoms with van der Waals surface area (Å²) in [6.07, 6.45) is 3.78. The molecular weight excluding hydrogens is 242 g/mol. The molecule has 1 aliphatic carbocycles. The third-order valence-corrected chi connectivity index (χ3v) is 5.70. The summed E-state index contributed by atoms with van der Waals surface area (Å²) in [6, 6.07) is 4.29. The molecule has 2 N–H and O–H groups in total. The van der Waals surface area contributed by atoms with Crippen molar-refractivity contribution in [1.29, 1.82) is 0 Å². The molecule has 18 heavy (non-hydrogen) atoms. The quantitative estimate of drug-likeness (QED) is 0.891. The zero-order valence-corrected chi connectivity index (χ0v) is 12.0. The van der Waals surface area contributed by atoms with Gasteiger partial charge >= 0.3 is 0 Å². The summed E-state index contributed by atoms with van der Waals surface area (Å²) in [6.45, 7) is 6.53. The van der Waals surface area contributed by atoms with Crippen molar-refractivity contribution in [1.82, 2.24) is 4.90 Å². The first-order valence-corrected chi connectivity index (χ1v) is 7.53. The molecule has 1 spiro atoms. The van der Waals surface area contributed by atoms with Crippen molar-refractivity contribution >= 4 is 17.3 Å². The maximum absolute atomic E-state index is 6.15. The summed E-state index contributed by atoms with van der Waals surface area (Å²) in [7, 11) is 0. The summed E-state index contributed by atoms with van der Waals surface area (Å²) in [5, 5.41) is 2.13. The van der Waals surface area contributed by atoms with Gasteiger partial charge in [0.05, 0.1) is 18.6 Å². The van der Waals surface area contributed by atoms with Gasteiger partial charge < -0.3 is 10.6 Å². The molecule has 1 atom stereocenters. The maximum atomic E-state index is 6.15. The third kappa shape index (κ3) is 1.58. The molecule has 1 aromatic rings. The lowest BCUT2D eigenvalue weighted by Crippen LogP contribution is -2.56. The van der Waals surface area contributed by atoms with Crippen LogP contribution in [0.1, 0.15) is 38.0 Å². The number of nitrogens with two attached hydrogens (primary N) is 1. The van der Waals surface area contributed by atoms with Crippen LogP contribution in [0.5, 0.6) is 0 Å². The van der Waals surface area contributed by atoms with Gasteiger partial charge in [0.25, 0.3) is 0 Å². The molecule has 4 heteroatoms. The van der Waals surface area contributed by atoms with Gasteiger partial charge in [-0.2, -0.15) is 0 Å². The van der Waals surface area contributed by atoms with Crippen LogP contribution in [-0.4, -0.2) is 22.9 Å². The van der Waals surface area contributed by atoms with Gasteiger partial charge in [-0.15, -0.1) is 11.3 Å². The van der Waals surface area contributed by atoms with Crippen LogP contribution in [0.2, 0.25) is 0 Å². The highest BCUT2D eigenvalue weighted by Crippen LogP contribution is 2.51. The number of guanidine groups is 1. The van der Waals surface area contributed by atoms with Crippen LogP contribution in [0.3, 0.4) is 0 Å². The predicted molar refractivity (Wildman–Crippen MR) is 76.7 cm³/mol. The van der Waals surface area contributed by atoms with E-state index in [1.165, 1.54) is 24.1 Å². The number of hydrogen-bond acceptors (Lipinski definition) is 4. The van der Waals surface area contributed by atoms with Crippen molar-refractivity contribution in [3.8, 4) is 0 Å². The molecule has 1 fully saturated rings. The zero-order valence-electron chi connectivity index (χ0n) is 11.1. The van der Waals surface area contributed by atoms with Gasteiger partial charge in [0.15, 0.2) is 5.96 Å². The van der Waals surface area contributed by atoms with Crippen molar-refractivity contribution in [3.05, 3.63) is 22.4 Å². The highest BCUT2D eigenvalue weighted by atomic mass is 32.1. The summed E-state index contributed by atoms with van der Waals surface area (Å²) in [5.74, 6) is 0.735. The standard InChI is InChI=1S/C14H21N3S/c1-13(2)6-4-7-14(13)10-16-12(15)17(14)9-11-5-3-8-18-11/h3,5,8H,4,6-7,9-10H2,1-2H3,(H2,15,16). The summed E-state index contributed by atoms with van der Waals surface area (Å²) in [4.78, 5) is 8.29. The molecule has 3 rings (SSSR count). The first-order chi connectivity index (χ1) is 8.55. The SMILES string of the molecule is CC1(C)CCCC12CN=C(N)N2Cc1cccs1. The lowest BCUT2D eigenvalue weighted by molar-refractivity contribution is 0.0791. The van der Waals surface area contributed by atoms with Gasteiger partial charge in [-0.05, 0) is 29.7 Å². The molecule has 2 heterocycles. The van der Waals surface area contributed by atoms with Gasteiger partial charge in [-0.1, -0.05) is 26.3 Å². The molecular formula is C14H21N3S. The Kier molecular flexibility index (Phi) is 2.66. The fraction of sp³-hybridized carbons (Fsp3) is 0.643. The summed E-state index contributed by atoms with van der Waals surface area (Å²) < 4.78 is 0. The fourth-order valence-corrected chi connectivity index (χ4v) is 4.27. The molecule has 1 unspecified atom stereocenters. The van der Waals surface area contributed by atoms with Crippen molar-refractivity contribution in [2.75, 3.05) is 6.54 Å². The number of thiophene rings is 1. The minimum Gasteiger partial charge on any atom is -0.370 e. The van der Waals surface area contributed by atoms with Crippen molar-refractivity contribution < 1.29 is 0 Å². The van der Waals surface area contributed by atoms with Gasteiger partial charge in [0.2, 0.25) is 0 Å². The van der Waals surface area contributed by atoms with Gasteiger partial charge in [0.1, 0.15) is 0 Å². The van der Waals surface area contributed by atoms with E-state index in [1.807, 2.05) is 0 Å². The van der Waals surface area contributed by atoms with E-state index >= 15 is 0 Å². The second-order valence-electron chi connectivity index (χ2n) is 6.11. The summed E-state index contributed by atoms with van der Waals surface area (Å²) in [5.41, 5.74) is 6.61. The van der Waals surface area contributed by atoms with Crippen LogP contribution in [0.4, 0.5) is 0 Å². The first-order valence-electron chi connectivity index (χ1n) is 6.65. The molecule has 2 aliphatic rings.